The summed E-state index contributed by atoms with van der Waals surface area (Å²) in [7, 11) is 0. The second-order valence-corrected chi connectivity index (χ2v) is 3.64. The molecule has 1 rings (SSSR count). The number of aliphatic hydroxyl groups is 1. The van der Waals surface area contributed by atoms with Crippen molar-refractivity contribution in [2.24, 2.45) is 5.92 Å². The summed E-state index contributed by atoms with van der Waals surface area (Å²) in [4.78, 5) is 2.19. The average molecular weight is 197 g/mol. The van der Waals surface area contributed by atoms with Gasteiger partial charge in [-0.1, -0.05) is 19.8 Å². The number of hydrogen-bond donors (Lipinski definition) is 1. The Labute approximate surface area is 86.0 Å². The third kappa shape index (κ3) is 2.48. The van der Waals surface area contributed by atoms with Crippen molar-refractivity contribution in [1.82, 2.24) is 4.90 Å². The number of rotatable bonds is 5. The van der Waals surface area contributed by atoms with Crippen molar-refractivity contribution < 1.29 is 9.84 Å². The molecule has 0 aromatic carbocycles. The first-order chi connectivity index (χ1) is 6.72. The summed E-state index contributed by atoms with van der Waals surface area (Å²) in [5, 5.41) is 9.89. The molecule has 0 amide bonds. The second-order valence-electron chi connectivity index (χ2n) is 3.64. The summed E-state index contributed by atoms with van der Waals surface area (Å²) in [5.41, 5.74) is 0. The summed E-state index contributed by atoms with van der Waals surface area (Å²) in [6.45, 7) is 7.39. The maximum Gasteiger partial charge on any atom is 0.125 e. The summed E-state index contributed by atoms with van der Waals surface area (Å²) < 4.78 is 5.15. The number of nitrogens with zero attached hydrogens (tertiary/aromatic N) is 1. The van der Waals surface area contributed by atoms with Gasteiger partial charge in [0.25, 0.3) is 0 Å². The Bertz CT molecular complexity index is 208. The fourth-order valence-electron chi connectivity index (χ4n) is 1.67. The average Bonchev–Trinajstić information content (AvgIpc) is 2.13. The van der Waals surface area contributed by atoms with E-state index in [9.17, 15) is 5.11 Å². The first-order valence-electron chi connectivity index (χ1n) is 5.21. The number of ether oxygens (including phenoxy) is 1. The van der Waals surface area contributed by atoms with Crippen LogP contribution >= 0.6 is 0 Å². The van der Waals surface area contributed by atoms with Gasteiger partial charge in [-0.25, -0.2) is 0 Å². The lowest BCUT2D eigenvalue weighted by Crippen LogP contribution is -2.50. The van der Waals surface area contributed by atoms with E-state index in [0.29, 0.717) is 13.2 Å². The summed E-state index contributed by atoms with van der Waals surface area (Å²) >= 11 is 0. The van der Waals surface area contributed by atoms with Gasteiger partial charge in [-0.15, -0.1) is 6.42 Å². The van der Waals surface area contributed by atoms with E-state index in [4.69, 9.17) is 11.2 Å². The minimum absolute atomic E-state index is 0.126. The molecule has 1 saturated heterocycles. The minimum Gasteiger partial charge on any atom is -0.391 e. The number of hydrogen-bond acceptors (Lipinski definition) is 3. The van der Waals surface area contributed by atoms with E-state index in [1.54, 1.807) is 0 Å². The standard InChI is InChI=1S/C11H19NO2/c1-4-11-9(8-14-11)10(13)7-12(5-2)6-3/h1,9-11,13H,5-8H2,2-3H3/t9-,10-,11-/m1/s1. The van der Waals surface area contributed by atoms with Crippen LogP contribution in [0.1, 0.15) is 13.8 Å². The van der Waals surface area contributed by atoms with Crippen molar-refractivity contribution >= 4 is 0 Å². The summed E-state index contributed by atoms with van der Waals surface area (Å²) in [5.74, 6) is 2.67. The van der Waals surface area contributed by atoms with Gasteiger partial charge in [0.2, 0.25) is 0 Å². The molecule has 1 heterocycles. The Hall–Kier alpha value is -0.560. The van der Waals surface area contributed by atoms with Crippen molar-refractivity contribution in [1.29, 1.82) is 0 Å². The largest absolute Gasteiger partial charge is 0.391 e. The van der Waals surface area contributed by atoms with E-state index >= 15 is 0 Å². The Kier molecular flexibility index (Phi) is 4.40. The van der Waals surface area contributed by atoms with Gasteiger partial charge in [-0.2, -0.15) is 0 Å². The van der Waals surface area contributed by atoms with E-state index in [-0.39, 0.29) is 18.1 Å². The topological polar surface area (TPSA) is 32.7 Å². The van der Waals surface area contributed by atoms with Gasteiger partial charge >= 0.3 is 0 Å². The monoisotopic (exact) mass is 197 g/mol. The van der Waals surface area contributed by atoms with Gasteiger partial charge in [0, 0.05) is 12.5 Å². The highest BCUT2D eigenvalue weighted by Crippen LogP contribution is 2.23. The molecule has 1 fully saturated rings. The highest BCUT2D eigenvalue weighted by atomic mass is 16.5. The van der Waals surface area contributed by atoms with Gasteiger partial charge < -0.3 is 14.7 Å². The lowest BCUT2D eigenvalue weighted by molar-refractivity contribution is -0.133. The van der Waals surface area contributed by atoms with Crippen molar-refractivity contribution in [3.63, 3.8) is 0 Å². The molecule has 80 valence electrons. The lowest BCUT2D eigenvalue weighted by atomic mass is 9.92. The second kappa shape index (κ2) is 5.35. The first kappa shape index (κ1) is 11.5. The van der Waals surface area contributed by atoms with E-state index in [1.807, 2.05) is 0 Å². The number of aliphatic hydroxyl groups excluding tert-OH is 1. The van der Waals surface area contributed by atoms with Crippen molar-refractivity contribution in [2.45, 2.75) is 26.1 Å². The van der Waals surface area contributed by atoms with Crippen LogP contribution in [0.25, 0.3) is 0 Å². The van der Waals surface area contributed by atoms with Crippen LogP contribution in [0.3, 0.4) is 0 Å². The molecular weight excluding hydrogens is 178 g/mol. The summed E-state index contributed by atoms with van der Waals surface area (Å²) in [6.07, 6.45) is 4.72. The van der Waals surface area contributed by atoms with Crippen LogP contribution in [0.15, 0.2) is 0 Å². The minimum atomic E-state index is -0.357. The van der Waals surface area contributed by atoms with Gasteiger partial charge in [-0.05, 0) is 13.1 Å². The zero-order valence-electron chi connectivity index (χ0n) is 8.94. The molecule has 0 radical (unpaired) electrons. The van der Waals surface area contributed by atoms with Crippen molar-refractivity contribution in [3.8, 4) is 12.3 Å². The molecular formula is C11H19NO2. The Balaban J connectivity index is 2.34. The van der Waals surface area contributed by atoms with Gasteiger partial charge in [0.1, 0.15) is 6.10 Å². The van der Waals surface area contributed by atoms with Crippen molar-refractivity contribution in [2.75, 3.05) is 26.2 Å². The van der Waals surface area contributed by atoms with E-state index < -0.39 is 0 Å². The van der Waals surface area contributed by atoms with Crippen LogP contribution < -0.4 is 0 Å². The van der Waals surface area contributed by atoms with E-state index in [0.717, 1.165) is 13.1 Å². The molecule has 1 aliphatic heterocycles. The normalized spacial score (nSPS) is 28.2. The van der Waals surface area contributed by atoms with Crippen LogP contribution in [0, 0.1) is 18.3 Å². The molecule has 0 bridgehead atoms. The van der Waals surface area contributed by atoms with Crippen molar-refractivity contribution in [3.05, 3.63) is 0 Å². The molecule has 3 nitrogen and oxygen atoms in total. The molecule has 0 saturated carbocycles. The highest BCUT2D eigenvalue weighted by molar-refractivity contribution is 5.05. The first-order valence-corrected chi connectivity index (χ1v) is 5.21. The molecule has 3 atom stereocenters. The molecule has 0 aliphatic carbocycles. The van der Waals surface area contributed by atoms with Crippen LogP contribution in [0.4, 0.5) is 0 Å². The molecule has 1 aliphatic rings. The highest BCUT2D eigenvalue weighted by Gasteiger charge is 2.36. The van der Waals surface area contributed by atoms with Crippen LogP contribution in [0.2, 0.25) is 0 Å². The van der Waals surface area contributed by atoms with Gasteiger partial charge in [0.05, 0.1) is 12.7 Å². The molecule has 3 heteroatoms. The molecule has 1 N–H and O–H groups in total. The predicted octanol–water partition coefficient (Wildman–Crippen LogP) is 0.337. The third-order valence-electron chi connectivity index (χ3n) is 2.86. The Morgan fingerprint density at radius 3 is 2.57 bits per heavy atom. The Morgan fingerprint density at radius 1 is 1.57 bits per heavy atom. The smallest absolute Gasteiger partial charge is 0.125 e. The zero-order valence-corrected chi connectivity index (χ0v) is 8.94. The Morgan fingerprint density at radius 2 is 2.21 bits per heavy atom. The fraction of sp³-hybridized carbons (Fsp3) is 0.818. The lowest BCUT2D eigenvalue weighted by Gasteiger charge is -2.38. The van der Waals surface area contributed by atoms with Gasteiger partial charge in [-0.3, -0.25) is 0 Å². The molecule has 0 aromatic heterocycles. The van der Waals surface area contributed by atoms with E-state index in [2.05, 4.69) is 24.7 Å². The zero-order chi connectivity index (χ0) is 10.6. The summed E-state index contributed by atoms with van der Waals surface area (Å²) in [6, 6.07) is 0. The quantitative estimate of drug-likeness (QED) is 0.645. The predicted molar refractivity (Wildman–Crippen MR) is 55.9 cm³/mol. The maximum absolute atomic E-state index is 9.89. The molecule has 14 heavy (non-hydrogen) atoms. The van der Waals surface area contributed by atoms with Crippen LogP contribution in [-0.4, -0.2) is 48.5 Å². The van der Waals surface area contributed by atoms with Crippen LogP contribution in [-0.2, 0) is 4.74 Å². The maximum atomic E-state index is 9.89. The van der Waals surface area contributed by atoms with E-state index in [1.165, 1.54) is 0 Å². The molecule has 0 unspecified atom stereocenters. The number of likely N-dealkylation sites (N-methyl/N-ethyl adjacent to an activating group) is 1. The number of terminal acetylenes is 1. The SMILES string of the molecule is C#C[C@H]1OC[C@@H]1[C@H](O)CN(CC)CC. The van der Waals surface area contributed by atoms with Crippen LogP contribution in [0.5, 0.6) is 0 Å². The molecule has 0 spiro atoms. The third-order valence-corrected chi connectivity index (χ3v) is 2.86. The fourth-order valence-corrected chi connectivity index (χ4v) is 1.67. The molecule has 0 aromatic rings. The van der Waals surface area contributed by atoms with Gasteiger partial charge in [0.15, 0.2) is 0 Å².